The van der Waals surface area contributed by atoms with Crippen LogP contribution in [0.5, 0.6) is 0 Å². The fraction of sp³-hybridized carbons (Fsp3) is 0.786. The lowest BCUT2D eigenvalue weighted by Crippen LogP contribution is -2.35. The van der Waals surface area contributed by atoms with Gasteiger partial charge in [0.25, 0.3) is 0 Å². The van der Waals surface area contributed by atoms with Gasteiger partial charge in [-0.05, 0) is 18.8 Å². The van der Waals surface area contributed by atoms with Gasteiger partial charge in [-0.15, -0.1) is 0 Å². The zero-order valence-corrected chi connectivity index (χ0v) is 11.2. The van der Waals surface area contributed by atoms with E-state index in [0.717, 1.165) is 31.5 Å². The first-order valence-corrected chi connectivity index (χ1v) is 7.03. The lowest BCUT2D eigenvalue weighted by molar-refractivity contribution is 0.299. The molecule has 2 atom stereocenters. The zero-order valence-electron chi connectivity index (χ0n) is 11.2. The summed E-state index contributed by atoms with van der Waals surface area (Å²) in [7, 11) is 0. The molecule has 2 rings (SSSR count). The molecule has 0 bridgehead atoms. The molecule has 3 nitrogen and oxygen atoms in total. The lowest BCUT2D eigenvalue weighted by Gasteiger charge is -2.27. The number of hydrogen-bond acceptors (Lipinski definition) is 2. The van der Waals surface area contributed by atoms with Crippen molar-refractivity contribution in [1.29, 1.82) is 0 Å². The second-order valence-corrected chi connectivity index (χ2v) is 5.31. The topological polar surface area (TPSA) is 29.9 Å². The Labute approximate surface area is 105 Å². The van der Waals surface area contributed by atoms with Crippen LogP contribution >= 0.6 is 0 Å². The highest BCUT2D eigenvalue weighted by molar-refractivity contribution is 4.91. The first-order valence-electron chi connectivity index (χ1n) is 7.03. The van der Waals surface area contributed by atoms with E-state index < -0.39 is 0 Å². The molecule has 1 aromatic heterocycles. The summed E-state index contributed by atoms with van der Waals surface area (Å²) in [6.07, 6.45) is 10.5. The zero-order chi connectivity index (χ0) is 12.1. The maximum atomic E-state index is 4.35. The molecule has 96 valence electrons. The molecule has 0 radical (unpaired) electrons. The molecule has 1 saturated carbocycles. The molecule has 1 aliphatic rings. The number of rotatable bonds is 5. The smallest absolute Gasteiger partial charge is 0.108 e. The Hall–Kier alpha value is -0.830. The fourth-order valence-electron chi connectivity index (χ4n) is 2.87. The number of aromatic nitrogens is 2. The second-order valence-electron chi connectivity index (χ2n) is 5.31. The molecule has 3 heteroatoms. The fourth-order valence-corrected chi connectivity index (χ4v) is 2.87. The molecule has 1 aromatic rings. The van der Waals surface area contributed by atoms with Gasteiger partial charge in [0.15, 0.2) is 0 Å². The molecule has 0 aromatic carbocycles. The predicted molar refractivity (Wildman–Crippen MR) is 71.0 cm³/mol. The molecule has 1 heterocycles. The van der Waals surface area contributed by atoms with Crippen molar-refractivity contribution in [2.75, 3.05) is 6.54 Å². The quantitative estimate of drug-likeness (QED) is 0.850. The van der Waals surface area contributed by atoms with Crippen LogP contribution in [0, 0.1) is 5.92 Å². The summed E-state index contributed by atoms with van der Waals surface area (Å²) in [5, 5.41) is 3.69. The van der Waals surface area contributed by atoms with E-state index in [1.165, 1.54) is 31.5 Å². The van der Waals surface area contributed by atoms with Crippen molar-refractivity contribution in [1.82, 2.24) is 14.9 Å². The number of imidazole rings is 1. The number of nitrogens with zero attached hydrogens (tertiary/aromatic N) is 2. The third-order valence-electron chi connectivity index (χ3n) is 3.84. The van der Waals surface area contributed by atoms with Crippen LogP contribution in [0.1, 0.15) is 45.4 Å². The van der Waals surface area contributed by atoms with Crippen molar-refractivity contribution in [2.45, 2.75) is 58.5 Å². The highest BCUT2D eigenvalue weighted by atomic mass is 15.1. The molecule has 1 fully saturated rings. The van der Waals surface area contributed by atoms with Gasteiger partial charge in [0, 0.05) is 37.9 Å². The Balaban J connectivity index is 1.72. The van der Waals surface area contributed by atoms with Crippen LogP contribution in [0.2, 0.25) is 0 Å². The maximum absolute atomic E-state index is 4.35. The molecule has 1 N–H and O–H groups in total. The van der Waals surface area contributed by atoms with Crippen LogP contribution < -0.4 is 5.32 Å². The van der Waals surface area contributed by atoms with E-state index in [1.54, 1.807) is 0 Å². The Bertz CT molecular complexity index is 332. The van der Waals surface area contributed by atoms with Gasteiger partial charge in [-0.1, -0.05) is 26.7 Å². The summed E-state index contributed by atoms with van der Waals surface area (Å²) in [5.41, 5.74) is 0. The van der Waals surface area contributed by atoms with Crippen LogP contribution in [0.15, 0.2) is 12.4 Å². The predicted octanol–water partition coefficient (Wildman–Crippen LogP) is 2.61. The summed E-state index contributed by atoms with van der Waals surface area (Å²) < 4.78 is 2.26. The van der Waals surface area contributed by atoms with Gasteiger partial charge in [0.05, 0.1) is 0 Å². The van der Waals surface area contributed by atoms with Gasteiger partial charge in [-0.2, -0.15) is 0 Å². The number of nitrogens with one attached hydrogen (secondary N) is 1. The van der Waals surface area contributed by atoms with Crippen LogP contribution in [0.25, 0.3) is 0 Å². The van der Waals surface area contributed by atoms with Crippen LogP contribution in [-0.2, 0) is 13.0 Å². The number of hydrogen-bond donors (Lipinski definition) is 1. The molecular formula is C14H25N3. The van der Waals surface area contributed by atoms with Gasteiger partial charge >= 0.3 is 0 Å². The highest BCUT2D eigenvalue weighted by Gasteiger charge is 2.17. The van der Waals surface area contributed by atoms with Gasteiger partial charge < -0.3 is 9.88 Å². The van der Waals surface area contributed by atoms with E-state index in [9.17, 15) is 0 Å². The summed E-state index contributed by atoms with van der Waals surface area (Å²) in [6, 6.07) is 0.743. The lowest BCUT2D eigenvalue weighted by atomic mass is 9.87. The molecular weight excluding hydrogens is 210 g/mol. The molecule has 0 saturated heterocycles. The summed E-state index contributed by atoms with van der Waals surface area (Å²) in [4.78, 5) is 4.35. The monoisotopic (exact) mass is 235 g/mol. The SMILES string of the molecule is CCc1nccn1CCNC1CCCC(C)C1. The van der Waals surface area contributed by atoms with Crippen molar-refractivity contribution >= 4 is 0 Å². The van der Waals surface area contributed by atoms with Crippen LogP contribution in [0.4, 0.5) is 0 Å². The van der Waals surface area contributed by atoms with Gasteiger partial charge in [-0.3, -0.25) is 0 Å². The molecule has 2 unspecified atom stereocenters. The van der Waals surface area contributed by atoms with E-state index >= 15 is 0 Å². The first-order chi connectivity index (χ1) is 8.29. The summed E-state index contributed by atoms with van der Waals surface area (Å²) in [5.74, 6) is 2.10. The van der Waals surface area contributed by atoms with Crippen molar-refractivity contribution < 1.29 is 0 Å². The van der Waals surface area contributed by atoms with Gasteiger partial charge in [0.2, 0.25) is 0 Å². The average Bonchev–Trinajstić information content (AvgIpc) is 2.77. The Morgan fingerprint density at radius 2 is 2.35 bits per heavy atom. The van der Waals surface area contributed by atoms with E-state index in [2.05, 4.69) is 34.9 Å². The molecule has 0 aliphatic heterocycles. The van der Waals surface area contributed by atoms with E-state index in [4.69, 9.17) is 0 Å². The van der Waals surface area contributed by atoms with Crippen molar-refractivity contribution in [3.8, 4) is 0 Å². The van der Waals surface area contributed by atoms with Gasteiger partial charge in [0.1, 0.15) is 5.82 Å². The van der Waals surface area contributed by atoms with Gasteiger partial charge in [-0.25, -0.2) is 4.98 Å². The Kier molecular flexibility index (Phi) is 4.60. The molecule has 17 heavy (non-hydrogen) atoms. The van der Waals surface area contributed by atoms with E-state index in [0.29, 0.717) is 0 Å². The minimum atomic E-state index is 0.743. The third-order valence-corrected chi connectivity index (χ3v) is 3.84. The third kappa shape index (κ3) is 3.56. The molecule has 0 spiro atoms. The van der Waals surface area contributed by atoms with E-state index in [-0.39, 0.29) is 0 Å². The molecule has 1 aliphatic carbocycles. The average molecular weight is 235 g/mol. The van der Waals surface area contributed by atoms with Crippen LogP contribution in [0.3, 0.4) is 0 Å². The van der Waals surface area contributed by atoms with Crippen molar-refractivity contribution in [3.05, 3.63) is 18.2 Å². The highest BCUT2D eigenvalue weighted by Crippen LogP contribution is 2.23. The van der Waals surface area contributed by atoms with Crippen LogP contribution in [-0.4, -0.2) is 22.1 Å². The van der Waals surface area contributed by atoms with Crippen molar-refractivity contribution in [2.24, 2.45) is 5.92 Å². The minimum absolute atomic E-state index is 0.743. The maximum Gasteiger partial charge on any atom is 0.108 e. The first kappa shape index (κ1) is 12.6. The number of aryl methyl sites for hydroxylation is 1. The normalized spacial score (nSPS) is 25.1. The Morgan fingerprint density at radius 3 is 3.12 bits per heavy atom. The second kappa shape index (κ2) is 6.20. The standard InChI is InChI=1S/C14H25N3/c1-3-14-16-8-10-17(14)9-7-15-13-6-4-5-12(2)11-13/h8,10,12-13,15H,3-7,9,11H2,1-2H3. The molecule has 0 amide bonds. The largest absolute Gasteiger partial charge is 0.334 e. The Morgan fingerprint density at radius 1 is 1.47 bits per heavy atom. The minimum Gasteiger partial charge on any atom is -0.334 e. The van der Waals surface area contributed by atoms with E-state index in [1.807, 2.05) is 6.20 Å². The van der Waals surface area contributed by atoms with Crippen molar-refractivity contribution in [3.63, 3.8) is 0 Å². The summed E-state index contributed by atoms with van der Waals surface area (Å²) >= 11 is 0. The summed E-state index contributed by atoms with van der Waals surface area (Å²) in [6.45, 7) is 6.66.